The first-order chi connectivity index (χ1) is 27.6. The van der Waals surface area contributed by atoms with Crippen molar-refractivity contribution >= 4 is 55.7 Å². The van der Waals surface area contributed by atoms with Crippen LogP contribution in [0.2, 0.25) is 0 Å². The van der Waals surface area contributed by atoms with E-state index in [4.69, 9.17) is 30.3 Å². The highest BCUT2D eigenvalue weighted by molar-refractivity contribution is 6.23. The van der Waals surface area contributed by atoms with Crippen LogP contribution in [0.1, 0.15) is 24.2 Å². The van der Waals surface area contributed by atoms with Crippen LogP contribution in [0.15, 0.2) is 169 Å². The summed E-state index contributed by atoms with van der Waals surface area (Å²) in [7, 11) is 0. The highest BCUT2D eigenvalue weighted by Gasteiger charge is 2.24. The Balaban J connectivity index is 1.23. The molecule has 1 atom stereocenters. The van der Waals surface area contributed by atoms with Gasteiger partial charge >= 0.3 is 0 Å². The van der Waals surface area contributed by atoms with Gasteiger partial charge in [0.05, 0.1) is 33.5 Å². The molecule has 0 spiro atoms. The van der Waals surface area contributed by atoms with Crippen molar-refractivity contribution in [3.63, 3.8) is 0 Å². The van der Waals surface area contributed by atoms with Gasteiger partial charge in [-0.25, -0.2) is 19.9 Å². The van der Waals surface area contributed by atoms with Gasteiger partial charge in [-0.15, -0.1) is 0 Å². The molecule has 0 fully saturated rings. The van der Waals surface area contributed by atoms with Crippen LogP contribution in [-0.4, -0.2) is 46.1 Å². The average molecular weight is 724 g/mol. The minimum absolute atomic E-state index is 0.162. The zero-order chi connectivity index (χ0) is 37.6. The molecule has 0 aliphatic carbocycles. The van der Waals surface area contributed by atoms with Crippen molar-refractivity contribution in [1.29, 1.82) is 5.41 Å². The normalized spacial score (nSPS) is 12.3. The molecule has 6 aromatic carbocycles. The third-order valence-corrected chi connectivity index (χ3v) is 10.1. The predicted octanol–water partition coefficient (Wildman–Crippen LogP) is 10.4. The van der Waals surface area contributed by atoms with Gasteiger partial charge in [-0.05, 0) is 24.3 Å². The fraction of sp³-hybridized carbons (Fsp3) is 0.0426. The van der Waals surface area contributed by atoms with Gasteiger partial charge in [-0.3, -0.25) is 9.98 Å². The van der Waals surface area contributed by atoms with E-state index in [-0.39, 0.29) is 11.8 Å². The Kier molecular flexibility index (Phi) is 8.03. The lowest BCUT2D eigenvalue weighted by Crippen LogP contribution is -2.12. The SMILES string of the molecule is C[C@@H](C=NC(=N)c1ccccc1)c1nc(-c2cnc(-c3ccccc3)nc2)nc(-n2c3ccccc3c3ccc4c5ccccc5n(-c5ccccc5)c4c32)n1. The van der Waals surface area contributed by atoms with E-state index < -0.39 is 0 Å². The molecule has 10 rings (SSSR count). The molecule has 0 aliphatic heterocycles. The number of aliphatic imine (C=N–C) groups is 1. The number of fused-ring (bicyclic) bond motifs is 7. The van der Waals surface area contributed by atoms with E-state index in [1.807, 2.05) is 79.7 Å². The molecule has 9 nitrogen and oxygen atoms in total. The molecular formula is C47H33N9. The van der Waals surface area contributed by atoms with E-state index in [2.05, 4.69) is 93.0 Å². The molecule has 4 aromatic heterocycles. The molecule has 4 heterocycles. The number of nitrogens with one attached hydrogen (secondary N) is 1. The monoisotopic (exact) mass is 723 g/mol. The standard InChI is InChI=1S/C47H33N9/c1-30(27-49-43(48)31-15-5-2-6-16-31)44-52-46(33-28-50-45(51-29-33)32-17-7-3-8-18-32)54-47(53-44)56-40-24-14-12-22-36(40)38-26-25-37-35-21-11-13-23-39(35)55(41(37)42(38)56)34-19-9-4-10-20-34/h2-30,48H,1H3/t30-/m0/s1. The summed E-state index contributed by atoms with van der Waals surface area (Å²) < 4.78 is 4.50. The van der Waals surface area contributed by atoms with Crippen LogP contribution in [-0.2, 0) is 0 Å². The van der Waals surface area contributed by atoms with E-state index in [9.17, 15) is 0 Å². The zero-order valence-electron chi connectivity index (χ0n) is 30.3. The fourth-order valence-electron chi connectivity index (χ4n) is 7.47. The van der Waals surface area contributed by atoms with Crippen molar-refractivity contribution in [2.45, 2.75) is 12.8 Å². The largest absolute Gasteiger partial charge is 0.307 e. The van der Waals surface area contributed by atoms with Crippen LogP contribution in [0.5, 0.6) is 0 Å². The Labute approximate surface area is 321 Å². The van der Waals surface area contributed by atoms with Crippen molar-refractivity contribution in [3.05, 3.63) is 175 Å². The quantitative estimate of drug-likeness (QED) is 0.130. The first-order valence-electron chi connectivity index (χ1n) is 18.5. The Morgan fingerprint density at radius 1 is 0.554 bits per heavy atom. The van der Waals surface area contributed by atoms with Crippen LogP contribution >= 0.6 is 0 Å². The van der Waals surface area contributed by atoms with Gasteiger partial charge in [0.25, 0.3) is 0 Å². The summed E-state index contributed by atoms with van der Waals surface area (Å²) in [5.74, 6) is 1.80. The zero-order valence-corrected chi connectivity index (χ0v) is 30.3. The van der Waals surface area contributed by atoms with Gasteiger partial charge in [0.2, 0.25) is 5.95 Å². The van der Waals surface area contributed by atoms with E-state index in [0.717, 1.165) is 60.4 Å². The number of amidine groups is 1. The summed E-state index contributed by atoms with van der Waals surface area (Å²) in [6, 6.07) is 51.2. The molecule has 0 saturated heterocycles. The highest BCUT2D eigenvalue weighted by Crippen LogP contribution is 2.41. The topological polar surface area (TPSA) is 111 Å². The number of para-hydroxylation sites is 3. The minimum atomic E-state index is -0.368. The summed E-state index contributed by atoms with van der Waals surface area (Å²) in [5.41, 5.74) is 7.46. The van der Waals surface area contributed by atoms with E-state index in [1.54, 1.807) is 18.6 Å². The minimum Gasteiger partial charge on any atom is -0.307 e. The van der Waals surface area contributed by atoms with Gasteiger partial charge in [-0.2, -0.15) is 9.97 Å². The number of hydrogen-bond acceptors (Lipinski definition) is 6. The maximum Gasteiger partial charge on any atom is 0.238 e. The maximum absolute atomic E-state index is 8.63. The second-order valence-corrected chi connectivity index (χ2v) is 13.7. The van der Waals surface area contributed by atoms with Gasteiger partial charge in [0.1, 0.15) is 5.82 Å². The molecule has 9 heteroatoms. The first-order valence-corrected chi connectivity index (χ1v) is 18.5. The summed E-state index contributed by atoms with van der Waals surface area (Å²) in [6.07, 6.45) is 5.25. The summed E-state index contributed by atoms with van der Waals surface area (Å²) in [5, 5.41) is 13.1. The van der Waals surface area contributed by atoms with Gasteiger partial charge in [-0.1, -0.05) is 134 Å². The second kappa shape index (κ2) is 13.6. The maximum atomic E-state index is 8.63. The van der Waals surface area contributed by atoms with Crippen LogP contribution in [0.4, 0.5) is 0 Å². The molecule has 0 bridgehead atoms. The Morgan fingerprint density at radius 3 is 1.77 bits per heavy atom. The van der Waals surface area contributed by atoms with Crippen molar-refractivity contribution in [1.82, 2.24) is 34.1 Å². The van der Waals surface area contributed by atoms with E-state index in [0.29, 0.717) is 29.0 Å². The van der Waals surface area contributed by atoms with E-state index in [1.165, 1.54) is 0 Å². The molecule has 0 radical (unpaired) electrons. The molecule has 10 aromatic rings. The van der Waals surface area contributed by atoms with Gasteiger partial charge in [0, 0.05) is 57.0 Å². The van der Waals surface area contributed by atoms with Crippen LogP contribution < -0.4 is 0 Å². The molecule has 0 aliphatic rings. The molecule has 56 heavy (non-hydrogen) atoms. The molecule has 266 valence electrons. The lowest BCUT2D eigenvalue weighted by Gasteiger charge is -2.14. The Bertz CT molecular complexity index is 3100. The van der Waals surface area contributed by atoms with Crippen LogP contribution in [0, 0.1) is 5.41 Å². The summed E-state index contributed by atoms with van der Waals surface area (Å²) in [4.78, 5) is 29.4. The smallest absolute Gasteiger partial charge is 0.238 e. The third kappa shape index (κ3) is 5.61. The number of rotatable bonds is 7. The van der Waals surface area contributed by atoms with Crippen LogP contribution in [0.3, 0.4) is 0 Å². The predicted molar refractivity (Wildman–Crippen MR) is 225 cm³/mol. The molecule has 0 unspecified atom stereocenters. The summed E-state index contributed by atoms with van der Waals surface area (Å²) in [6.45, 7) is 1.98. The Morgan fingerprint density at radius 2 is 1.11 bits per heavy atom. The lowest BCUT2D eigenvalue weighted by atomic mass is 10.1. The number of aromatic nitrogens is 7. The number of hydrogen-bond donors (Lipinski definition) is 1. The highest BCUT2D eigenvalue weighted by atomic mass is 15.2. The van der Waals surface area contributed by atoms with Gasteiger partial charge < -0.3 is 4.57 Å². The van der Waals surface area contributed by atoms with Crippen molar-refractivity contribution in [3.8, 4) is 34.4 Å². The Hall–Kier alpha value is -7.65. The molecule has 0 saturated carbocycles. The summed E-state index contributed by atoms with van der Waals surface area (Å²) >= 11 is 0. The fourth-order valence-corrected chi connectivity index (χ4v) is 7.47. The third-order valence-electron chi connectivity index (χ3n) is 10.1. The molecule has 0 amide bonds. The van der Waals surface area contributed by atoms with Crippen LogP contribution in [0.25, 0.3) is 78.0 Å². The van der Waals surface area contributed by atoms with Crippen molar-refractivity contribution in [2.24, 2.45) is 4.99 Å². The number of benzene rings is 6. The number of nitrogens with zero attached hydrogens (tertiary/aromatic N) is 8. The van der Waals surface area contributed by atoms with Crippen molar-refractivity contribution < 1.29 is 0 Å². The average Bonchev–Trinajstić information content (AvgIpc) is 3.79. The van der Waals surface area contributed by atoms with Gasteiger partial charge in [0.15, 0.2) is 17.5 Å². The van der Waals surface area contributed by atoms with Crippen molar-refractivity contribution in [2.75, 3.05) is 0 Å². The molecular weight excluding hydrogens is 691 g/mol. The second-order valence-electron chi connectivity index (χ2n) is 13.7. The lowest BCUT2D eigenvalue weighted by molar-refractivity contribution is 0.832. The first kappa shape index (κ1) is 33.0. The molecule has 1 N–H and O–H groups in total. The van der Waals surface area contributed by atoms with E-state index >= 15 is 0 Å².